The minimum Gasteiger partial charge on any atom is -0.424 e. The van der Waals surface area contributed by atoms with Crippen molar-refractivity contribution in [3.05, 3.63) is 102 Å². The second-order valence-corrected chi connectivity index (χ2v) is 13.0. The molecular formula is C28H33N2O3PS. The zero-order valence-electron chi connectivity index (χ0n) is 20.4. The number of hydrogen-bond donors (Lipinski definition) is 0. The van der Waals surface area contributed by atoms with Gasteiger partial charge in [-0.15, -0.1) is 0 Å². The Morgan fingerprint density at radius 2 is 1.29 bits per heavy atom. The van der Waals surface area contributed by atoms with Crippen LogP contribution in [-0.2, 0) is 33.9 Å². The Labute approximate surface area is 213 Å². The third-order valence-corrected chi connectivity index (χ3v) is 8.62. The van der Waals surface area contributed by atoms with Gasteiger partial charge in [0.1, 0.15) is 5.75 Å². The normalized spacial score (nSPS) is 20.6. The summed E-state index contributed by atoms with van der Waals surface area (Å²) >= 11 is 5.76. The summed E-state index contributed by atoms with van der Waals surface area (Å²) in [6, 6.07) is 29.5. The summed E-state index contributed by atoms with van der Waals surface area (Å²) in [6.07, 6.45) is 0.0504. The van der Waals surface area contributed by atoms with E-state index in [2.05, 4.69) is 96.4 Å². The molecule has 0 radical (unpaired) electrons. The predicted octanol–water partition coefficient (Wildman–Crippen LogP) is 6.38. The van der Waals surface area contributed by atoms with Crippen LogP contribution < -0.4 is 4.52 Å². The lowest BCUT2D eigenvalue weighted by Crippen LogP contribution is -2.32. The van der Waals surface area contributed by atoms with Crippen molar-refractivity contribution in [2.45, 2.75) is 33.1 Å². The van der Waals surface area contributed by atoms with E-state index in [0.717, 1.165) is 37.5 Å². The van der Waals surface area contributed by atoms with Crippen LogP contribution in [-0.4, -0.2) is 36.1 Å². The highest BCUT2D eigenvalue weighted by Crippen LogP contribution is 2.56. The van der Waals surface area contributed by atoms with Gasteiger partial charge in [0.15, 0.2) is 0 Å². The maximum absolute atomic E-state index is 6.40. The molecule has 2 fully saturated rings. The van der Waals surface area contributed by atoms with Crippen molar-refractivity contribution in [1.29, 1.82) is 0 Å². The molecular weight excluding hydrogens is 475 g/mol. The fourth-order valence-electron chi connectivity index (χ4n) is 4.63. The van der Waals surface area contributed by atoms with Gasteiger partial charge < -0.3 is 4.52 Å². The summed E-state index contributed by atoms with van der Waals surface area (Å²) in [7, 11) is 0. The highest BCUT2D eigenvalue weighted by Gasteiger charge is 2.39. The van der Waals surface area contributed by atoms with Crippen LogP contribution in [0, 0.1) is 5.41 Å². The quantitative estimate of drug-likeness (QED) is 0.345. The summed E-state index contributed by atoms with van der Waals surface area (Å²) in [5.41, 5.74) is 3.63. The summed E-state index contributed by atoms with van der Waals surface area (Å²) in [6.45, 7) is 6.10. The topological polar surface area (TPSA) is 34.2 Å². The van der Waals surface area contributed by atoms with Gasteiger partial charge in [-0.05, 0) is 17.2 Å². The molecule has 0 amide bonds. The van der Waals surface area contributed by atoms with Crippen LogP contribution in [0.3, 0.4) is 0 Å². The molecule has 0 aromatic heterocycles. The highest BCUT2D eigenvalue weighted by molar-refractivity contribution is 8.07. The molecule has 2 aliphatic heterocycles. The highest BCUT2D eigenvalue weighted by atomic mass is 32.5. The van der Waals surface area contributed by atoms with Crippen LogP contribution in [0.25, 0.3) is 0 Å². The third-order valence-electron chi connectivity index (χ3n) is 6.46. The van der Waals surface area contributed by atoms with E-state index in [1.165, 1.54) is 11.1 Å². The molecule has 0 atom stereocenters. The molecule has 2 saturated heterocycles. The Bertz CT molecular complexity index is 1110. The van der Waals surface area contributed by atoms with Crippen molar-refractivity contribution in [3.63, 3.8) is 0 Å². The van der Waals surface area contributed by atoms with Crippen molar-refractivity contribution in [2.75, 3.05) is 26.3 Å². The molecule has 0 N–H and O–H groups in total. The lowest BCUT2D eigenvalue weighted by atomic mass is 9.97. The average molecular weight is 509 g/mol. The Kier molecular flexibility index (Phi) is 7.40. The van der Waals surface area contributed by atoms with Gasteiger partial charge in [0, 0.05) is 49.0 Å². The lowest BCUT2D eigenvalue weighted by molar-refractivity contribution is 0.0400. The number of para-hydroxylation sites is 1. The van der Waals surface area contributed by atoms with E-state index in [1.807, 2.05) is 12.1 Å². The van der Waals surface area contributed by atoms with E-state index >= 15 is 0 Å². The first-order chi connectivity index (χ1) is 16.9. The van der Waals surface area contributed by atoms with Crippen molar-refractivity contribution in [2.24, 2.45) is 5.41 Å². The molecule has 7 heteroatoms. The lowest BCUT2D eigenvalue weighted by Gasteiger charge is -2.37. The number of rotatable bonds is 7. The van der Waals surface area contributed by atoms with Crippen molar-refractivity contribution >= 4 is 18.5 Å². The largest absolute Gasteiger partial charge is 0.424 e. The van der Waals surface area contributed by atoms with Gasteiger partial charge in [0.05, 0.1) is 19.4 Å². The van der Waals surface area contributed by atoms with Gasteiger partial charge >= 0.3 is 6.72 Å². The fraction of sp³-hybridized carbons (Fsp3) is 0.357. The number of benzene rings is 3. The minimum atomic E-state index is -2.86. The molecule has 5 rings (SSSR count). The van der Waals surface area contributed by atoms with Crippen molar-refractivity contribution in [1.82, 2.24) is 9.80 Å². The molecule has 2 heterocycles. The van der Waals surface area contributed by atoms with E-state index in [4.69, 9.17) is 25.4 Å². The van der Waals surface area contributed by atoms with E-state index in [9.17, 15) is 0 Å². The monoisotopic (exact) mass is 508 g/mol. The van der Waals surface area contributed by atoms with Crippen LogP contribution in [0.15, 0.2) is 84.9 Å². The molecule has 3 aromatic carbocycles. The first-order valence-corrected chi connectivity index (χ1v) is 14.7. The Hall–Kier alpha value is -2.05. The fourth-order valence-corrected chi connectivity index (χ4v) is 6.79. The van der Waals surface area contributed by atoms with Crippen LogP contribution in [0.1, 0.15) is 36.7 Å². The van der Waals surface area contributed by atoms with Gasteiger partial charge in [0.25, 0.3) is 0 Å². The molecule has 5 nitrogen and oxygen atoms in total. The maximum atomic E-state index is 6.40. The second-order valence-electron chi connectivity index (χ2n) is 10.1. The van der Waals surface area contributed by atoms with E-state index < -0.39 is 6.72 Å². The standard InChI is InChI=1S/C28H33N2O3PS/c1-28(2)21-31-34(35,32-22-28)33-26-16-10-9-15-25(26)27-29(19-23-11-5-3-6-12-23)17-18-30(27)20-24-13-7-4-8-14-24/h3-16,27H,17-22H2,1-2H3. The minimum absolute atomic E-state index is 0.0504. The molecule has 0 aliphatic carbocycles. The smallest absolute Gasteiger partial charge is 0.380 e. The van der Waals surface area contributed by atoms with E-state index in [0.29, 0.717) is 13.2 Å². The van der Waals surface area contributed by atoms with Gasteiger partial charge in [-0.3, -0.25) is 18.8 Å². The van der Waals surface area contributed by atoms with Crippen molar-refractivity contribution in [3.8, 4) is 5.75 Å². The first-order valence-electron chi connectivity index (χ1n) is 12.1. The summed E-state index contributed by atoms with van der Waals surface area (Å²) < 4.78 is 18.4. The molecule has 2 aliphatic rings. The summed E-state index contributed by atoms with van der Waals surface area (Å²) in [4.78, 5) is 5.03. The molecule has 0 unspecified atom stereocenters. The van der Waals surface area contributed by atoms with Gasteiger partial charge in [-0.25, -0.2) is 0 Å². The number of hydrogen-bond acceptors (Lipinski definition) is 6. The predicted molar refractivity (Wildman–Crippen MR) is 143 cm³/mol. The molecule has 0 bridgehead atoms. The van der Waals surface area contributed by atoms with Crippen LogP contribution >= 0.6 is 6.72 Å². The second kappa shape index (κ2) is 10.5. The molecule has 184 valence electrons. The molecule has 0 spiro atoms. The summed E-state index contributed by atoms with van der Waals surface area (Å²) in [5, 5.41) is 0. The number of nitrogens with zero attached hydrogens (tertiary/aromatic N) is 2. The van der Waals surface area contributed by atoms with Crippen LogP contribution in [0.5, 0.6) is 5.75 Å². The molecule has 0 saturated carbocycles. The SMILES string of the molecule is CC1(C)COP(=S)(Oc2ccccc2C2N(Cc3ccccc3)CCN2Cc2ccccc2)OC1. The zero-order valence-corrected chi connectivity index (χ0v) is 22.1. The van der Waals surface area contributed by atoms with E-state index in [1.54, 1.807) is 0 Å². The zero-order chi connectivity index (χ0) is 24.3. The van der Waals surface area contributed by atoms with Gasteiger partial charge in [0.2, 0.25) is 0 Å². The molecule has 35 heavy (non-hydrogen) atoms. The third kappa shape index (κ3) is 6.03. The van der Waals surface area contributed by atoms with Gasteiger partial charge in [-0.2, -0.15) is 0 Å². The Balaban J connectivity index is 1.45. The summed E-state index contributed by atoms with van der Waals surface area (Å²) in [5.74, 6) is 0.749. The Morgan fingerprint density at radius 1 is 0.800 bits per heavy atom. The first kappa shape index (κ1) is 24.6. The van der Waals surface area contributed by atoms with Crippen LogP contribution in [0.2, 0.25) is 0 Å². The van der Waals surface area contributed by atoms with E-state index in [-0.39, 0.29) is 11.6 Å². The van der Waals surface area contributed by atoms with Crippen molar-refractivity contribution < 1.29 is 13.6 Å². The van der Waals surface area contributed by atoms with Crippen LogP contribution in [0.4, 0.5) is 0 Å². The molecule has 3 aromatic rings. The Morgan fingerprint density at radius 3 is 1.83 bits per heavy atom. The van der Waals surface area contributed by atoms with Gasteiger partial charge in [-0.1, -0.05) is 92.7 Å². The average Bonchev–Trinajstić information content (AvgIpc) is 3.24. The maximum Gasteiger partial charge on any atom is 0.380 e.